The van der Waals surface area contributed by atoms with E-state index in [0.29, 0.717) is 94.9 Å². The molecule has 0 radical (unpaired) electrons. The van der Waals surface area contributed by atoms with Gasteiger partial charge in [0, 0.05) is 59.3 Å². The van der Waals surface area contributed by atoms with Gasteiger partial charge < -0.3 is 30.5 Å². The molecule has 4 N–H and O–H groups in total. The van der Waals surface area contributed by atoms with Crippen molar-refractivity contribution in [3.05, 3.63) is 64.5 Å². The number of hydrogen-bond acceptors (Lipinski definition) is 10. The summed E-state index contributed by atoms with van der Waals surface area (Å²) in [5.41, 5.74) is 10.1. The Morgan fingerprint density at radius 2 is 1.64 bits per heavy atom. The summed E-state index contributed by atoms with van der Waals surface area (Å²) in [7, 11) is -1.40. The van der Waals surface area contributed by atoms with Gasteiger partial charge in [0.2, 0.25) is 5.95 Å². The minimum Gasteiger partial charge on any atom is -0.494 e. The Labute approximate surface area is 432 Å². The molecule has 7 atom stereocenters. The van der Waals surface area contributed by atoms with Crippen LogP contribution in [-0.4, -0.2) is 92.1 Å². The van der Waals surface area contributed by atoms with Crippen molar-refractivity contribution in [1.29, 1.82) is 0 Å². The molecule has 18 heteroatoms. The quantitative estimate of drug-likeness (QED) is 0.0515. The molecule has 3 unspecified atom stereocenters. The molecule has 2 amide bonds. The van der Waals surface area contributed by atoms with E-state index < -0.39 is 35.7 Å². The summed E-state index contributed by atoms with van der Waals surface area (Å²) >= 11 is 1.28. The topological polar surface area (TPSA) is 157 Å². The van der Waals surface area contributed by atoms with Crippen molar-refractivity contribution in [3.63, 3.8) is 0 Å². The number of aliphatic hydroxyl groups excluding tert-OH is 1. The first-order valence-electron chi connectivity index (χ1n) is 26.6. The number of carbonyl (C=O) groups excluding carboxylic acids is 2. The number of piperidine rings is 1. The van der Waals surface area contributed by atoms with Crippen LogP contribution in [0, 0.1) is 29.1 Å². The number of anilines is 1. The van der Waals surface area contributed by atoms with Crippen LogP contribution in [0.4, 0.5) is 32.7 Å². The minimum atomic E-state index is -5.57. The number of aromatic nitrogens is 2. The van der Waals surface area contributed by atoms with E-state index in [9.17, 15) is 40.9 Å². The molecule has 4 aliphatic rings. The van der Waals surface area contributed by atoms with E-state index in [4.69, 9.17) is 15.2 Å². The molecule has 3 fully saturated rings. The predicted molar refractivity (Wildman–Crippen MR) is 277 cm³/mol. The van der Waals surface area contributed by atoms with Gasteiger partial charge in [0.25, 0.3) is 5.91 Å². The van der Waals surface area contributed by atoms with E-state index >= 15 is 0 Å². The van der Waals surface area contributed by atoms with Gasteiger partial charge in [0.15, 0.2) is 0 Å². The van der Waals surface area contributed by atoms with Crippen LogP contribution >= 0.6 is 11.3 Å². The highest BCUT2D eigenvalue weighted by Crippen LogP contribution is 2.63. The number of amides is 2. The molecular formula is C55H72F5N5O6S2. The zero-order valence-electron chi connectivity index (χ0n) is 42.2. The van der Waals surface area contributed by atoms with Crippen molar-refractivity contribution in [2.45, 2.75) is 154 Å². The first kappa shape index (κ1) is 54.8. The van der Waals surface area contributed by atoms with Crippen molar-refractivity contribution >= 4 is 50.3 Å². The molecule has 3 heterocycles. The summed E-state index contributed by atoms with van der Waals surface area (Å²) < 4.78 is 88.1. The molecule has 4 aromatic rings. The Morgan fingerprint density at radius 3 is 2.40 bits per heavy atom. The maximum atomic E-state index is 13.6. The molecular weight excluding hydrogens is 986 g/mol. The van der Waals surface area contributed by atoms with Crippen LogP contribution in [-0.2, 0) is 17.2 Å². The lowest BCUT2D eigenvalue weighted by Gasteiger charge is -2.53. The molecule has 2 aromatic heterocycles. The molecule has 3 aliphatic carbocycles. The Kier molecular flexibility index (Phi) is 18.1. The van der Waals surface area contributed by atoms with Crippen LogP contribution in [0.1, 0.15) is 150 Å². The van der Waals surface area contributed by atoms with Gasteiger partial charge in [-0.05, 0) is 154 Å². The van der Waals surface area contributed by atoms with Crippen LogP contribution in [0.2, 0.25) is 0 Å². The average molecular weight is 1060 g/mol. The zero-order chi connectivity index (χ0) is 51.9. The van der Waals surface area contributed by atoms with Crippen molar-refractivity contribution in [2.24, 2.45) is 29.1 Å². The fraction of sp³-hybridized carbons (Fsp3) is 0.636. The second-order valence-corrected chi connectivity index (χ2v) is 24.0. The number of halogens is 5. The number of thiophene rings is 1. The van der Waals surface area contributed by atoms with Gasteiger partial charge in [0.1, 0.15) is 16.3 Å². The van der Waals surface area contributed by atoms with Crippen molar-refractivity contribution < 1.29 is 50.3 Å². The molecule has 1 saturated heterocycles. The number of aliphatic hydroxyl groups is 1. The monoisotopic (exact) mass is 1060 g/mol. The number of nitrogens with one attached hydrogen (secondary N) is 1. The number of likely N-dealkylation sites (tertiary alicyclic amines) is 1. The molecule has 400 valence electrons. The van der Waals surface area contributed by atoms with Crippen LogP contribution in [0.15, 0.2) is 48.5 Å². The van der Waals surface area contributed by atoms with Crippen LogP contribution in [0.25, 0.3) is 21.5 Å². The van der Waals surface area contributed by atoms with Gasteiger partial charge in [-0.25, -0.2) is 14.8 Å². The molecule has 1 aliphatic heterocycles. The smallest absolute Gasteiger partial charge is 0.453 e. The molecule has 0 spiro atoms. The third-order valence-electron chi connectivity index (χ3n) is 16.5. The maximum absolute atomic E-state index is 13.6. The molecule has 2 aromatic carbocycles. The lowest BCUT2D eigenvalue weighted by molar-refractivity contribution is -0.284. The second kappa shape index (κ2) is 24.1. The number of nitrogen functional groups attached to an aromatic ring is 1. The summed E-state index contributed by atoms with van der Waals surface area (Å²) in [5, 5.41) is 14.8. The summed E-state index contributed by atoms with van der Waals surface area (Å²) in [6.07, 6.45) is 7.32. The molecule has 0 bridgehead atoms. The normalized spacial score (nSPS) is 23.7. The van der Waals surface area contributed by atoms with Gasteiger partial charge in [-0.3, -0.25) is 9.00 Å². The number of alkyl halides is 5. The van der Waals surface area contributed by atoms with E-state index in [2.05, 4.69) is 34.3 Å². The zero-order valence-corrected chi connectivity index (χ0v) is 43.8. The Hall–Kier alpha value is -4.42. The standard InChI is InChI=1S/C55H72F5N5O6S2/c1-3-62-49(67)45-34-43-48(63-51(61)64-50(43)72-45)37-14-11-15-39(32-37)70-28-23-35-21-26-65(27-22-35)52(68)71-40-16-17-41-38(33-40)31-36(47-42(41)20-25-53(2)44(47)18-19-46(53)66)13-9-7-5-4-6-8-10-29-73(69)30-12-24-54(56,57)55(58,59)60/h11,14-17,32-36,42,44,46-47,66H,3-10,12-13,18-31H2,1-2H3,(H,62,67)(H2,61,63,64)/t36-,42?,44?,46+,47-,53+,73?/m1/s1. The largest absolute Gasteiger partial charge is 0.494 e. The molecule has 2 saturated carbocycles. The molecule has 11 nitrogen and oxygen atoms in total. The van der Waals surface area contributed by atoms with Crippen molar-refractivity contribution in [3.8, 4) is 22.8 Å². The number of fused-ring (bicyclic) bond motifs is 6. The van der Waals surface area contributed by atoms with Crippen molar-refractivity contribution in [2.75, 3.05) is 43.5 Å². The number of benzene rings is 2. The number of carbonyl (C=O) groups is 2. The predicted octanol–water partition coefficient (Wildman–Crippen LogP) is 12.7. The second-order valence-electron chi connectivity index (χ2n) is 21.3. The third-order valence-corrected chi connectivity index (χ3v) is 19.0. The van der Waals surface area contributed by atoms with Gasteiger partial charge in [-0.2, -0.15) is 22.0 Å². The molecule has 73 heavy (non-hydrogen) atoms. The minimum absolute atomic E-state index is 0.0646. The number of rotatable bonds is 22. The summed E-state index contributed by atoms with van der Waals surface area (Å²) in [5.74, 6) is -1.08. The number of ether oxygens (including phenoxy) is 2. The Morgan fingerprint density at radius 1 is 0.904 bits per heavy atom. The van der Waals surface area contributed by atoms with E-state index in [0.717, 1.165) is 107 Å². The summed E-state index contributed by atoms with van der Waals surface area (Å²) in [6, 6.07) is 15.8. The Balaban J connectivity index is 0.785. The number of hydrogen-bond donors (Lipinski definition) is 3. The van der Waals surface area contributed by atoms with Crippen LogP contribution in [0.5, 0.6) is 11.5 Å². The van der Waals surface area contributed by atoms with E-state index in [1.54, 1.807) is 6.07 Å². The van der Waals surface area contributed by atoms with E-state index in [-0.39, 0.29) is 35.2 Å². The summed E-state index contributed by atoms with van der Waals surface area (Å²) in [6.45, 7) is 6.43. The highest BCUT2D eigenvalue weighted by atomic mass is 32.2. The fourth-order valence-electron chi connectivity index (χ4n) is 12.5. The summed E-state index contributed by atoms with van der Waals surface area (Å²) in [4.78, 5) is 38.0. The van der Waals surface area contributed by atoms with Gasteiger partial charge in [-0.15, -0.1) is 11.3 Å². The lowest BCUT2D eigenvalue weighted by Crippen LogP contribution is -2.47. The third kappa shape index (κ3) is 13.2. The lowest BCUT2D eigenvalue weighted by atomic mass is 9.52. The highest BCUT2D eigenvalue weighted by molar-refractivity contribution is 7.84. The fourth-order valence-corrected chi connectivity index (χ4v) is 14.7. The first-order chi connectivity index (χ1) is 34.9. The number of nitrogens with two attached hydrogens (primary N) is 1. The van der Waals surface area contributed by atoms with E-state index in [1.807, 2.05) is 42.2 Å². The van der Waals surface area contributed by atoms with Crippen LogP contribution in [0.3, 0.4) is 0 Å². The molecule has 8 rings (SSSR count). The van der Waals surface area contributed by atoms with Gasteiger partial charge >= 0.3 is 18.2 Å². The highest BCUT2D eigenvalue weighted by Gasteiger charge is 2.57. The van der Waals surface area contributed by atoms with Crippen molar-refractivity contribution in [1.82, 2.24) is 20.2 Å². The SMILES string of the molecule is CCNC(=O)c1cc2c(-c3cccc(OCCC4CCN(C(=O)Oc5ccc6c(c5)C[C@@H](CCCCCCCCCS(=O)CCCC(F)(F)C(F)(F)F)[C@@H]5C6CC[C@@]6(C)C5CC[C@@H]6O)CC4)c3)nc(N)nc2s1. The van der Waals surface area contributed by atoms with E-state index in [1.165, 1.54) is 22.5 Å². The number of nitrogens with zero attached hydrogens (tertiary/aromatic N) is 3. The van der Waals surface area contributed by atoms with Crippen LogP contribution < -0.4 is 20.5 Å². The maximum Gasteiger partial charge on any atom is 0.453 e. The van der Waals surface area contributed by atoms with Gasteiger partial charge in [-0.1, -0.05) is 63.6 Å². The first-order valence-corrected chi connectivity index (χ1v) is 28.9. The number of unbranched alkanes of at least 4 members (excludes halogenated alkanes) is 6. The Bertz CT molecular complexity index is 2550. The van der Waals surface area contributed by atoms with Gasteiger partial charge in [0.05, 0.1) is 23.3 Å². The average Bonchev–Trinajstić information content (AvgIpc) is 3.92.